The molecule has 1 aromatic rings. The fourth-order valence-corrected chi connectivity index (χ4v) is 5.17. The molecule has 8 heteroatoms. The van der Waals surface area contributed by atoms with E-state index in [1.165, 1.54) is 0 Å². The van der Waals surface area contributed by atoms with Gasteiger partial charge in [0.2, 0.25) is 0 Å². The fraction of sp³-hybridized carbons (Fsp3) is 0.652. The van der Waals surface area contributed by atoms with Gasteiger partial charge in [-0.15, -0.1) is 0 Å². The molecule has 0 bridgehead atoms. The Kier molecular flexibility index (Phi) is 7.86. The van der Waals surface area contributed by atoms with Crippen molar-refractivity contribution in [3.63, 3.8) is 0 Å². The number of hydrogen-bond donors (Lipinski definition) is 2. The number of hydrogen-bond acceptors (Lipinski definition) is 4. The Labute approximate surface area is 192 Å². The molecule has 6 nitrogen and oxygen atoms in total. The Bertz CT molecular complexity index is 861. The summed E-state index contributed by atoms with van der Waals surface area (Å²) in [4.78, 5) is 14.9. The maximum absolute atomic E-state index is 13.2. The van der Waals surface area contributed by atoms with Gasteiger partial charge < -0.3 is 19.7 Å². The predicted molar refractivity (Wildman–Crippen MR) is 128 cm³/mol. The second-order valence-electron chi connectivity index (χ2n) is 10.3. The van der Waals surface area contributed by atoms with Gasteiger partial charge in [-0.05, 0) is 55.1 Å². The van der Waals surface area contributed by atoms with Crippen molar-refractivity contribution < 1.29 is 14.3 Å². The van der Waals surface area contributed by atoms with Crippen LogP contribution in [0, 0.1) is 24.2 Å². The molecular formula is C23H36ClN3O3Si. The SMILES string of the molecule is Cc1c(NC(=O)N2CC[C@@H](O[Si](C)(C)C(C)(C)C)[C@H]2[C@@H](O)C(C)C)ccc(C#N)c1Cl. The highest BCUT2D eigenvalue weighted by Gasteiger charge is 2.48. The zero-order valence-electron chi connectivity index (χ0n) is 19.9. The van der Waals surface area contributed by atoms with Crippen LogP contribution in [0.1, 0.15) is 52.2 Å². The van der Waals surface area contributed by atoms with E-state index in [1.54, 1.807) is 24.0 Å². The molecule has 1 aliphatic heterocycles. The first-order valence-corrected chi connectivity index (χ1v) is 14.1. The average Bonchev–Trinajstić information content (AvgIpc) is 3.06. The van der Waals surface area contributed by atoms with Gasteiger partial charge in [-0.2, -0.15) is 5.26 Å². The highest BCUT2D eigenvalue weighted by molar-refractivity contribution is 6.74. The molecule has 0 spiro atoms. The minimum Gasteiger partial charge on any atom is -0.412 e. The number of aliphatic hydroxyl groups excluding tert-OH is 1. The van der Waals surface area contributed by atoms with Crippen molar-refractivity contribution >= 4 is 31.6 Å². The van der Waals surface area contributed by atoms with E-state index in [0.717, 1.165) is 0 Å². The number of carbonyl (C=O) groups excluding carboxylic acids is 1. The lowest BCUT2D eigenvalue weighted by atomic mass is 9.96. The molecule has 1 heterocycles. The number of anilines is 1. The molecule has 1 aliphatic rings. The van der Waals surface area contributed by atoms with Crippen molar-refractivity contribution in [2.24, 2.45) is 5.92 Å². The minimum atomic E-state index is -2.08. The fourth-order valence-electron chi connectivity index (χ4n) is 3.60. The van der Waals surface area contributed by atoms with Crippen molar-refractivity contribution in [2.45, 2.75) is 84.3 Å². The monoisotopic (exact) mass is 465 g/mol. The lowest BCUT2D eigenvalue weighted by Crippen LogP contribution is -2.54. The van der Waals surface area contributed by atoms with Crippen LogP contribution in [0.2, 0.25) is 23.2 Å². The normalized spacial score (nSPS) is 20.6. The summed E-state index contributed by atoms with van der Waals surface area (Å²) in [6.45, 7) is 17.1. The lowest BCUT2D eigenvalue weighted by Gasteiger charge is -2.42. The number of rotatable bonds is 5. The van der Waals surface area contributed by atoms with Gasteiger partial charge in [0, 0.05) is 12.2 Å². The first kappa shape index (κ1) is 25.7. The zero-order valence-corrected chi connectivity index (χ0v) is 21.7. The van der Waals surface area contributed by atoms with Gasteiger partial charge in [0.25, 0.3) is 0 Å². The lowest BCUT2D eigenvalue weighted by molar-refractivity contribution is 0.00879. The third kappa shape index (κ3) is 5.43. The van der Waals surface area contributed by atoms with Gasteiger partial charge in [-0.1, -0.05) is 46.2 Å². The van der Waals surface area contributed by atoms with Crippen LogP contribution in [-0.2, 0) is 4.43 Å². The van der Waals surface area contributed by atoms with Crippen molar-refractivity contribution in [2.75, 3.05) is 11.9 Å². The number of benzene rings is 1. The molecule has 1 aromatic carbocycles. The second-order valence-corrected chi connectivity index (χ2v) is 15.4. The van der Waals surface area contributed by atoms with Gasteiger partial charge in [-0.3, -0.25) is 0 Å². The molecule has 2 N–H and O–H groups in total. The molecule has 0 aromatic heterocycles. The molecule has 1 fully saturated rings. The quantitative estimate of drug-likeness (QED) is 0.559. The molecule has 0 unspecified atom stereocenters. The van der Waals surface area contributed by atoms with Crippen molar-refractivity contribution in [3.05, 3.63) is 28.3 Å². The van der Waals surface area contributed by atoms with Crippen LogP contribution >= 0.6 is 11.6 Å². The van der Waals surface area contributed by atoms with Gasteiger partial charge in [0.1, 0.15) is 6.07 Å². The topological polar surface area (TPSA) is 85.6 Å². The zero-order chi connectivity index (χ0) is 23.7. The van der Waals surface area contributed by atoms with E-state index in [0.29, 0.717) is 34.8 Å². The largest absolute Gasteiger partial charge is 0.412 e. The molecule has 31 heavy (non-hydrogen) atoms. The van der Waals surface area contributed by atoms with Crippen LogP contribution in [0.4, 0.5) is 10.5 Å². The maximum Gasteiger partial charge on any atom is 0.322 e. The summed E-state index contributed by atoms with van der Waals surface area (Å²) in [5.74, 6) is -0.0185. The molecule has 0 radical (unpaired) electrons. The molecule has 2 amide bonds. The first-order valence-electron chi connectivity index (χ1n) is 10.8. The molecule has 3 atom stereocenters. The number of carbonyl (C=O) groups is 1. The van der Waals surface area contributed by atoms with E-state index in [9.17, 15) is 9.90 Å². The number of nitrogens with one attached hydrogen (secondary N) is 1. The number of halogens is 1. The van der Waals surface area contributed by atoms with E-state index in [1.807, 2.05) is 19.9 Å². The summed E-state index contributed by atoms with van der Waals surface area (Å²) >= 11 is 6.26. The Balaban J connectivity index is 2.29. The Morgan fingerprint density at radius 1 is 1.39 bits per heavy atom. The van der Waals surface area contributed by atoms with Gasteiger partial charge in [0.15, 0.2) is 8.32 Å². The third-order valence-corrected chi connectivity index (χ3v) is 11.7. The standard InChI is InChI=1S/C23H36ClN3O3Si/c1-14(2)21(28)20-18(30-31(7,8)23(4,5)6)11-12-27(20)22(29)26-17-10-9-16(13-25)19(24)15(17)3/h9-10,14,18,20-21,28H,11-12H2,1-8H3,(H,26,29)/t18-,20+,21+/m1/s1. The van der Waals surface area contributed by atoms with E-state index >= 15 is 0 Å². The highest BCUT2D eigenvalue weighted by Crippen LogP contribution is 2.40. The van der Waals surface area contributed by atoms with E-state index in [-0.39, 0.29) is 23.1 Å². The number of urea groups is 1. The third-order valence-electron chi connectivity index (χ3n) is 6.69. The number of nitriles is 1. The number of amides is 2. The molecule has 2 rings (SSSR count). The van der Waals surface area contributed by atoms with Gasteiger partial charge in [0.05, 0.1) is 28.8 Å². The average molecular weight is 466 g/mol. The Morgan fingerprint density at radius 2 is 2.00 bits per heavy atom. The second kappa shape index (κ2) is 9.49. The van der Waals surface area contributed by atoms with Crippen molar-refractivity contribution in [1.29, 1.82) is 5.26 Å². The first-order chi connectivity index (χ1) is 14.2. The number of aliphatic hydroxyl groups is 1. The summed E-state index contributed by atoms with van der Waals surface area (Å²) in [6, 6.07) is 4.60. The van der Waals surface area contributed by atoms with Crippen LogP contribution in [0.25, 0.3) is 0 Å². The smallest absolute Gasteiger partial charge is 0.322 e. The molecule has 1 saturated heterocycles. The summed E-state index contributed by atoms with van der Waals surface area (Å²) in [7, 11) is -2.08. The highest BCUT2D eigenvalue weighted by atomic mass is 35.5. The molecular weight excluding hydrogens is 430 g/mol. The summed E-state index contributed by atoms with van der Waals surface area (Å²) in [6.07, 6.45) is -0.232. The van der Waals surface area contributed by atoms with E-state index in [2.05, 4.69) is 39.2 Å². The van der Waals surface area contributed by atoms with Crippen LogP contribution in [0.5, 0.6) is 0 Å². The van der Waals surface area contributed by atoms with Gasteiger partial charge >= 0.3 is 6.03 Å². The van der Waals surface area contributed by atoms with Crippen molar-refractivity contribution in [1.82, 2.24) is 4.90 Å². The van der Waals surface area contributed by atoms with Crippen LogP contribution in [0.3, 0.4) is 0 Å². The van der Waals surface area contributed by atoms with Crippen LogP contribution < -0.4 is 5.32 Å². The maximum atomic E-state index is 13.2. The minimum absolute atomic E-state index is 0.0185. The summed E-state index contributed by atoms with van der Waals surface area (Å²) < 4.78 is 6.65. The Hall–Kier alpha value is -1.59. The molecule has 172 valence electrons. The number of likely N-dealkylation sites (tertiary alicyclic amines) is 1. The predicted octanol–water partition coefficient (Wildman–Crippen LogP) is 5.53. The summed E-state index contributed by atoms with van der Waals surface area (Å²) in [5.41, 5.74) is 1.57. The van der Waals surface area contributed by atoms with E-state index < -0.39 is 20.5 Å². The van der Waals surface area contributed by atoms with Crippen LogP contribution in [0.15, 0.2) is 12.1 Å². The Morgan fingerprint density at radius 3 is 2.52 bits per heavy atom. The molecule has 0 saturated carbocycles. The summed E-state index contributed by atoms with van der Waals surface area (Å²) in [5, 5.41) is 23.4. The van der Waals surface area contributed by atoms with Crippen LogP contribution in [-0.4, -0.2) is 49.1 Å². The number of nitrogens with zero attached hydrogens (tertiary/aromatic N) is 2. The van der Waals surface area contributed by atoms with E-state index in [4.69, 9.17) is 21.3 Å². The molecule has 0 aliphatic carbocycles. The van der Waals surface area contributed by atoms with Gasteiger partial charge in [-0.25, -0.2) is 4.79 Å². The van der Waals surface area contributed by atoms with Crippen molar-refractivity contribution in [3.8, 4) is 6.07 Å².